The highest BCUT2D eigenvalue weighted by atomic mass is 15.6. The zero-order valence-electron chi connectivity index (χ0n) is 14.8. The van der Waals surface area contributed by atoms with Crippen LogP contribution in [0.3, 0.4) is 0 Å². The minimum absolute atomic E-state index is 0.184. The fraction of sp³-hybridized carbons (Fsp3) is 0.611. The van der Waals surface area contributed by atoms with E-state index < -0.39 is 0 Å². The summed E-state index contributed by atoms with van der Waals surface area (Å²) in [6.45, 7) is 8.87. The van der Waals surface area contributed by atoms with E-state index in [-0.39, 0.29) is 5.54 Å². The molecule has 1 aromatic heterocycles. The number of benzene rings is 1. The van der Waals surface area contributed by atoms with Gasteiger partial charge >= 0.3 is 0 Å². The molecule has 1 aliphatic rings. The molecule has 23 heavy (non-hydrogen) atoms. The summed E-state index contributed by atoms with van der Waals surface area (Å²) >= 11 is 0. The summed E-state index contributed by atoms with van der Waals surface area (Å²) in [6.07, 6.45) is 3.67. The first-order valence-electron chi connectivity index (χ1n) is 8.56. The maximum atomic E-state index is 4.48. The zero-order valence-corrected chi connectivity index (χ0v) is 14.8. The molecule has 0 radical (unpaired) electrons. The van der Waals surface area contributed by atoms with Crippen molar-refractivity contribution < 1.29 is 0 Å². The van der Waals surface area contributed by atoms with Crippen molar-refractivity contribution in [2.75, 3.05) is 7.05 Å². The highest BCUT2D eigenvalue weighted by molar-refractivity contribution is 5.47. The quantitative estimate of drug-likeness (QED) is 0.946. The van der Waals surface area contributed by atoms with E-state index in [0.29, 0.717) is 11.8 Å². The summed E-state index contributed by atoms with van der Waals surface area (Å²) in [5, 5.41) is 16.5. The molecule has 0 amide bonds. The van der Waals surface area contributed by atoms with Crippen LogP contribution in [-0.4, -0.2) is 27.3 Å². The van der Waals surface area contributed by atoms with E-state index >= 15 is 0 Å². The van der Waals surface area contributed by atoms with Crippen molar-refractivity contribution in [1.82, 2.24) is 25.5 Å². The van der Waals surface area contributed by atoms with E-state index in [9.17, 15) is 0 Å². The lowest BCUT2D eigenvalue weighted by molar-refractivity contribution is 0.0860. The largest absolute Gasteiger partial charge is 0.307 e. The average Bonchev–Trinajstić information content (AvgIpc) is 2.98. The second kappa shape index (κ2) is 6.04. The van der Waals surface area contributed by atoms with Gasteiger partial charge in [-0.3, -0.25) is 0 Å². The van der Waals surface area contributed by atoms with Gasteiger partial charge in [0.05, 0.1) is 11.2 Å². The number of para-hydroxylation sites is 1. The molecule has 0 spiro atoms. The Morgan fingerprint density at radius 3 is 2.30 bits per heavy atom. The van der Waals surface area contributed by atoms with E-state index in [1.807, 2.05) is 11.7 Å². The molecule has 1 unspecified atom stereocenters. The van der Waals surface area contributed by atoms with Gasteiger partial charge in [-0.2, -0.15) is 4.68 Å². The second-order valence-electron chi connectivity index (χ2n) is 7.01. The van der Waals surface area contributed by atoms with Crippen LogP contribution in [0.1, 0.15) is 50.1 Å². The maximum absolute atomic E-state index is 4.48. The molecule has 1 heterocycles. The first kappa shape index (κ1) is 16.1. The molecule has 0 bridgehead atoms. The normalized spacial score (nSPS) is 28.0. The fourth-order valence-electron chi connectivity index (χ4n) is 4.45. The summed E-state index contributed by atoms with van der Waals surface area (Å²) in [6, 6.07) is 6.32. The number of aromatic nitrogens is 4. The Balaban J connectivity index is 2.20. The Morgan fingerprint density at radius 1 is 1.13 bits per heavy atom. The molecule has 1 saturated carbocycles. The van der Waals surface area contributed by atoms with Crippen molar-refractivity contribution in [3.05, 3.63) is 35.2 Å². The third-order valence-electron chi connectivity index (χ3n) is 5.73. The van der Waals surface area contributed by atoms with Crippen LogP contribution in [0.15, 0.2) is 18.2 Å². The van der Waals surface area contributed by atoms with Crippen LogP contribution in [0.4, 0.5) is 0 Å². The molecule has 1 N–H and O–H groups in total. The Morgan fingerprint density at radius 2 is 1.74 bits per heavy atom. The highest BCUT2D eigenvalue weighted by Crippen LogP contribution is 2.44. The smallest absolute Gasteiger partial charge is 0.177 e. The van der Waals surface area contributed by atoms with Crippen LogP contribution in [0.2, 0.25) is 0 Å². The first-order valence-corrected chi connectivity index (χ1v) is 8.56. The molecule has 2 aromatic rings. The SMILES string of the molecule is CNC1(c2nnnn2-c2c(C)cccc2C)[C@H](C)CCC[C@@H]1C. The van der Waals surface area contributed by atoms with E-state index in [0.717, 1.165) is 11.5 Å². The summed E-state index contributed by atoms with van der Waals surface area (Å²) in [5.41, 5.74) is 3.31. The van der Waals surface area contributed by atoms with Crippen molar-refractivity contribution in [2.45, 2.75) is 52.5 Å². The molecule has 124 valence electrons. The van der Waals surface area contributed by atoms with Crippen molar-refractivity contribution in [2.24, 2.45) is 11.8 Å². The molecule has 0 aliphatic heterocycles. The molecule has 0 saturated heterocycles. The molecule has 1 aromatic carbocycles. The lowest BCUT2D eigenvalue weighted by atomic mass is 9.66. The monoisotopic (exact) mass is 313 g/mol. The van der Waals surface area contributed by atoms with Gasteiger partial charge in [0.2, 0.25) is 0 Å². The van der Waals surface area contributed by atoms with Crippen LogP contribution in [0.25, 0.3) is 5.69 Å². The first-order chi connectivity index (χ1) is 11.0. The Hall–Kier alpha value is -1.75. The van der Waals surface area contributed by atoms with Crippen molar-refractivity contribution in [3.63, 3.8) is 0 Å². The van der Waals surface area contributed by atoms with Gasteiger partial charge in [-0.05, 0) is 67.1 Å². The topological polar surface area (TPSA) is 55.6 Å². The molecular formula is C18H27N5. The van der Waals surface area contributed by atoms with Gasteiger partial charge in [0.1, 0.15) is 0 Å². The number of aryl methyl sites for hydroxylation is 2. The van der Waals surface area contributed by atoms with E-state index in [4.69, 9.17) is 0 Å². The third-order valence-corrected chi connectivity index (χ3v) is 5.73. The van der Waals surface area contributed by atoms with Crippen LogP contribution >= 0.6 is 0 Å². The second-order valence-corrected chi connectivity index (χ2v) is 7.01. The minimum atomic E-state index is -0.184. The Kier molecular flexibility index (Phi) is 4.23. The van der Waals surface area contributed by atoms with Gasteiger partial charge < -0.3 is 5.32 Å². The lowest BCUT2D eigenvalue weighted by Crippen LogP contribution is -2.54. The number of nitrogens with one attached hydrogen (secondary N) is 1. The molecular weight excluding hydrogens is 286 g/mol. The maximum Gasteiger partial charge on any atom is 0.177 e. The number of nitrogens with zero attached hydrogens (tertiary/aromatic N) is 4. The molecule has 1 fully saturated rings. The van der Waals surface area contributed by atoms with Crippen LogP contribution in [0, 0.1) is 25.7 Å². The highest BCUT2D eigenvalue weighted by Gasteiger charge is 2.48. The molecule has 1 aliphatic carbocycles. The van der Waals surface area contributed by atoms with E-state index in [2.05, 4.69) is 66.7 Å². The number of hydrogen-bond donors (Lipinski definition) is 1. The van der Waals surface area contributed by atoms with Gasteiger partial charge in [0.15, 0.2) is 5.82 Å². The van der Waals surface area contributed by atoms with Gasteiger partial charge in [-0.15, -0.1) is 5.10 Å². The minimum Gasteiger partial charge on any atom is -0.307 e. The van der Waals surface area contributed by atoms with Gasteiger partial charge in [0, 0.05) is 0 Å². The van der Waals surface area contributed by atoms with Crippen LogP contribution in [0.5, 0.6) is 0 Å². The van der Waals surface area contributed by atoms with Gasteiger partial charge in [-0.25, -0.2) is 0 Å². The standard InChI is InChI=1S/C18H27N5/c1-12-8-6-9-13(2)16(12)23-17(20-21-22-23)18(19-5)14(3)10-7-11-15(18)4/h6,8-9,14-15,19H,7,10-11H2,1-5H3/t14-,15+,18?. The van der Waals surface area contributed by atoms with Crippen LogP contribution in [-0.2, 0) is 5.54 Å². The summed E-state index contributed by atoms with van der Waals surface area (Å²) in [7, 11) is 2.04. The van der Waals surface area contributed by atoms with E-state index in [1.165, 1.54) is 30.4 Å². The van der Waals surface area contributed by atoms with Crippen LogP contribution < -0.4 is 5.32 Å². The van der Waals surface area contributed by atoms with E-state index in [1.54, 1.807) is 0 Å². The fourth-order valence-corrected chi connectivity index (χ4v) is 4.45. The van der Waals surface area contributed by atoms with Crippen molar-refractivity contribution in [3.8, 4) is 5.69 Å². The molecule has 5 heteroatoms. The zero-order chi connectivity index (χ0) is 16.6. The molecule has 3 atom stereocenters. The molecule has 5 nitrogen and oxygen atoms in total. The van der Waals surface area contributed by atoms with Crippen molar-refractivity contribution in [1.29, 1.82) is 0 Å². The third kappa shape index (κ3) is 2.38. The summed E-state index contributed by atoms with van der Waals surface area (Å²) in [5.74, 6) is 1.92. The lowest BCUT2D eigenvalue weighted by Gasteiger charge is -2.46. The van der Waals surface area contributed by atoms with Crippen molar-refractivity contribution >= 4 is 0 Å². The Bertz CT molecular complexity index is 660. The number of tetrazole rings is 1. The van der Waals surface area contributed by atoms with Gasteiger partial charge in [0.25, 0.3) is 0 Å². The van der Waals surface area contributed by atoms with Gasteiger partial charge in [-0.1, -0.05) is 38.5 Å². The Labute approximate surface area is 138 Å². The molecule has 3 rings (SSSR count). The summed E-state index contributed by atoms with van der Waals surface area (Å²) < 4.78 is 1.96. The average molecular weight is 313 g/mol. The summed E-state index contributed by atoms with van der Waals surface area (Å²) in [4.78, 5) is 0. The number of rotatable bonds is 3. The number of hydrogen-bond acceptors (Lipinski definition) is 4. The predicted octanol–water partition coefficient (Wildman–Crippen LogP) is 3.15. The predicted molar refractivity (Wildman–Crippen MR) is 91.5 cm³/mol.